The number of hydrogen-bond acceptors (Lipinski definition) is 5. The van der Waals surface area contributed by atoms with Crippen molar-refractivity contribution in [3.63, 3.8) is 0 Å². The van der Waals surface area contributed by atoms with Crippen molar-refractivity contribution in [3.8, 4) is 5.75 Å². The molecule has 3 atom stereocenters. The first-order valence-electron chi connectivity index (χ1n) is 9.04. The molecule has 1 aliphatic rings. The number of carbonyl (C=O) groups is 3. The highest BCUT2D eigenvalue weighted by atomic mass is 16.5. The van der Waals surface area contributed by atoms with Gasteiger partial charge >= 0.3 is 6.03 Å². The van der Waals surface area contributed by atoms with Crippen molar-refractivity contribution < 1.29 is 24.2 Å². The first kappa shape index (κ1) is 20.7. The smallest absolute Gasteiger partial charge is 0.325 e. The Hall–Kier alpha value is -2.61. The van der Waals surface area contributed by atoms with Crippen LogP contribution < -0.4 is 15.4 Å². The average Bonchev–Trinajstić information content (AvgIpc) is 2.93. The maximum absolute atomic E-state index is 12.5. The van der Waals surface area contributed by atoms with Gasteiger partial charge < -0.3 is 20.5 Å². The topological polar surface area (TPSA) is 108 Å². The lowest BCUT2D eigenvalue weighted by atomic mass is 9.99. The normalized spacial score (nSPS) is 18.8. The summed E-state index contributed by atoms with van der Waals surface area (Å²) >= 11 is 0. The van der Waals surface area contributed by atoms with Crippen LogP contribution in [0.3, 0.4) is 0 Å². The Morgan fingerprint density at radius 2 is 2.00 bits per heavy atom. The average molecular weight is 377 g/mol. The van der Waals surface area contributed by atoms with Crippen LogP contribution in [0.1, 0.15) is 32.3 Å². The molecule has 0 radical (unpaired) electrons. The van der Waals surface area contributed by atoms with Crippen LogP contribution in [0, 0.1) is 5.92 Å². The quantitative estimate of drug-likeness (QED) is 0.557. The number of methoxy groups -OCH3 is 1. The standard InChI is InChI=1S/C19H27N3O5/c1-4-12(2)16(11-23)20-17(24)9-15-18(25)22(19(26)21-15)10-13-5-7-14(27-3)8-6-13/h5-8,12,15-16,23H,4,9-11H2,1-3H3,(H,20,24)(H,21,26)/t12-,15+,16-/m0/s1. The Balaban J connectivity index is 1.95. The Morgan fingerprint density at radius 1 is 1.33 bits per heavy atom. The minimum Gasteiger partial charge on any atom is -0.497 e. The number of carbonyl (C=O) groups excluding carboxylic acids is 3. The molecule has 0 spiro atoms. The van der Waals surface area contributed by atoms with Crippen molar-refractivity contribution in [2.45, 2.75) is 45.3 Å². The highest BCUT2D eigenvalue weighted by Gasteiger charge is 2.39. The summed E-state index contributed by atoms with van der Waals surface area (Å²) in [4.78, 5) is 38.0. The first-order chi connectivity index (χ1) is 12.9. The van der Waals surface area contributed by atoms with Crippen LogP contribution in [0.2, 0.25) is 0 Å². The van der Waals surface area contributed by atoms with Gasteiger partial charge in [-0.15, -0.1) is 0 Å². The molecule has 1 aromatic carbocycles. The molecule has 4 amide bonds. The fraction of sp³-hybridized carbons (Fsp3) is 0.526. The number of amides is 4. The summed E-state index contributed by atoms with van der Waals surface area (Å²) in [5, 5.41) is 14.7. The zero-order chi connectivity index (χ0) is 20.0. The SMILES string of the molecule is CC[C@H](C)[C@H](CO)NC(=O)C[C@H]1NC(=O)N(Cc2ccc(OC)cc2)C1=O. The number of ether oxygens (including phenoxy) is 1. The van der Waals surface area contributed by atoms with Crippen LogP contribution in [0.4, 0.5) is 4.79 Å². The summed E-state index contributed by atoms with van der Waals surface area (Å²) < 4.78 is 5.09. The molecule has 8 heteroatoms. The van der Waals surface area contributed by atoms with E-state index < -0.39 is 18.0 Å². The molecule has 0 bridgehead atoms. The van der Waals surface area contributed by atoms with Gasteiger partial charge in [-0.05, 0) is 23.6 Å². The lowest BCUT2D eigenvalue weighted by Crippen LogP contribution is -2.44. The van der Waals surface area contributed by atoms with Gasteiger partial charge in [0.05, 0.1) is 32.7 Å². The number of nitrogens with zero attached hydrogens (tertiary/aromatic N) is 1. The molecule has 0 unspecified atom stereocenters. The first-order valence-corrected chi connectivity index (χ1v) is 9.04. The fourth-order valence-electron chi connectivity index (χ4n) is 2.88. The van der Waals surface area contributed by atoms with Gasteiger partial charge in [-0.3, -0.25) is 14.5 Å². The van der Waals surface area contributed by atoms with E-state index >= 15 is 0 Å². The van der Waals surface area contributed by atoms with Crippen molar-refractivity contribution >= 4 is 17.8 Å². The van der Waals surface area contributed by atoms with E-state index in [0.29, 0.717) is 5.75 Å². The van der Waals surface area contributed by atoms with Crippen molar-refractivity contribution in [2.75, 3.05) is 13.7 Å². The zero-order valence-electron chi connectivity index (χ0n) is 15.9. The number of rotatable bonds is 9. The van der Waals surface area contributed by atoms with Crippen LogP contribution in [0.15, 0.2) is 24.3 Å². The molecular formula is C19H27N3O5. The molecule has 0 aromatic heterocycles. The second-order valence-corrected chi connectivity index (χ2v) is 6.72. The maximum atomic E-state index is 12.5. The molecule has 148 valence electrons. The van der Waals surface area contributed by atoms with Crippen LogP contribution in [-0.4, -0.2) is 53.7 Å². The summed E-state index contributed by atoms with van der Waals surface area (Å²) in [6.45, 7) is 3.85. The van der Waals surface area contributed by atoms with Gasteiger partial charge in [-0.25, -0.2) is 4.79 Å². The molecule has 1 fully saturated rings. The molecule has 0 aliphatic carbocycles. The molecule has 1 aromatic rings. The molecule has 2 rings (SSSR count). The molecular weight excluding hydrogens is 350 g/mol. The van der Waals surface area contributed by atoms with E-state index in [0.717, 1.165) is 16.9 Å². The predicted octanol–water partition coefficient (Wildman–Crippen LogP) is 1.03. The number of nitrogens with one attached hydrogen (secondary N) is 2. The van der Waals surface area contributed by atoms with E-state index in [2.05, 4.69) is 10.6 Å². The third-order valence-electron chi connectivity index (χ3n) is 4.87. The van der Waals surface area contributed by atoms with E-state index in [9.17, 15) is 19.5 Å². The Labute approximate surface area is 158 Å². The van der Waals surface area contributed by atoms with Gasteiger partial charge in [0.25, 0.3) is 5.91 Å². The monoisotopic (exact) mass is 377 g/mol. The lowest BCUT2D eigenvalue weighted by Gasteiger charge is -2.22. The van der Waals surface area contributed by atoms with Crippen LogP contribution >= 0.6 is 0 Å². The van der Waals surface area contributed by atoms with Crippen molar-refractivity contribution in [1.82, 2.24) is 15.5 Å². The summed E-state index contributed by atoms with van der Waals surface area (Å²) in [5.41, 5.74) is 0.779. The van der Waals surface area contributed by atoms with Gasteiger partial charge in [-0.1, -0.05) is 32.4 Å². The van der Waals surface area contributed by atoms with E-state index in [4.69, 9.17) is 4.74 Å². The highest BCUT2D eigenvalue weighted by molar-refractivity contribution is 6.05. The van der Waals surface area contributed by atoms with Gasteiger partial charge in [0, 0.05) is 0 Å². The molecule has 1 heterocycles. The second kappa shape index (κ2) is 9.36. The molecule has 27 heavy (non-hydrogen) atoms. The molecule has 0 saturated carbocycles. The summed E-state index contributed by atoms with van der Waals surface area (Å²) in [7, 11) is 1.56. The summed E-state index contributed by atoms with van der Waals surface area (Å²) in [6, 6.07) is 5.27. The Morgan fingerprint density at radius 3 is 2.56 bits per heavy atom. The van der Waals surface area contributed by atoms with Crippen LogP contribution in [-0.2, 0) is 16.1 Å². The van der Waals surface area contributed by atoms with Crippen LogP contribution in [0.25, 0.3) is 0 Å². The summed E-state index contributed by atoms with van der Waals surface area (Å²) in [5.74, 6) is -0.0148. The third kappa shape index (κ3) is 5.19. The molecule has 8 nitrogen and oxygen atoms in total. The number of imide groups is 1. The third-order valence-corrected chi connectivity index (χ3v) is 4.87. The maximum Gasteiger partial charge on any atom is 0.325 e. The van der Waals surface area contributed by atoms with Gasteiger partial charge in [0.1, 0.15) is 11.8 Å². The zero-order valence-corrected chi connectivity index (χ0v) is 15.9. The van der Waals surface area contributed by atoms with Gasteiger partial charge in [0.2, 0.25) is 5.91 Å². The Kier molecular flexibility index (Phi) is 7.18. The van der Waals surface area contributed by atoms with Gasteiger partial charge in [0.15, 0.2) is 0 Å². The van der Waals surface area contributed by atoms with E-state index in [1.807, 2.05) is 13.8 Å². The number of benzene rings is 1. The summed E-state index contributed by atoms with van der Waals surface area (Å²) in [6.07, 6.45) is 0.650. The largest absolute Gasteiger partial charge is 0.497 e. The van der Waals surface area contributed by atoms with Gasteiger partial charge in [-0.2, -0.15) is 0 Å². The highest BCUT2D eigenvalue weighted by Crippen LogP contribution is 2.17. The number of aliphatic hydroxyl groups excluding tert-OH is 1. The molecule has 1 aliphatic heterocycles. The van der Waals surface area contributed by atoms with E-state index in [1.54, 1.807) is 31.4 Å². The van der Waals surface area contributed by atoms with E-state index in [-0.39, 0.29) is 37.4 Å². The van der Waals surface area contributed by atoms with Crippen molar-refractivity contribution in [3.05, 3.63) is 29.8 Å². The second-order valence-electron chi connectivity index (χ2n) is 6.72. The number of aliphatic hydroxyl groups is 1. The molecule has 3 N–H and O–H groups in total. The fourth-order valence-corrected chi connectivity index (χ4v) is 2.88. The minimum absolute atomic E-state index is 0.111. The van der Waals surface area contributed by atoms with E-state index in [1.165, 1.54) is 0 Å². The minimum atomic E-state index is -0.896. The predicted molar refractivity (Wildman–Crippen MR) is 99.0 cm³/mol. The Bertz CT molecular complexity index is 676. The van der Waals surface area contributed by atoms with Crippen LogP contribution in [0.5, 0.6) is 5.75 Å². The number of hydrogen-bond donors (Lipinski definition) is 3. The van der Waals surface area contributed by atoms with Crippen molar-refractivity contribution in [2.24, 2.45) is 5.92 Å². The van der Waals surface area contributed by atoms with Crippen molar-refractivity contribution in [1.29, 1.82) is 0 Å². The number of urea groups is 1. The molecule has 1 saturated heterocycles. The lowest BCUT2D eigenvalue weighted by molar-refractivity contribution is -0.131.